The Morgan fingerprint density at radius 2 is 2.17 bits per heavy atom. The molecule has 0 saturated heterocycles. The first-order valence-electron chi connectivity index (χ1n) is 6.92. The van der Waals surface area contributed by atoms with Crippen LogP contribution in [0.4, 0.5) is 0 Å². The summed E-state index contributed by atoms with van der Waals surface area (Å²) in [6.45, 7) is 5.32. The molecule has 18 heavy (non-hydrogen) atoms. The molecule has 1 aromatic rings. The zero-order valence-electron chi connectivity index (χ0n) is 11.1. The van der Waals surface area contributed by atoms with E-state index in [2.05, 4.69) is 27.8 Å². The van der Waals surface area contributed by atoms with Gasteiger partial charge in [0.15, 0.2) is 0 Å². The van der Waals surface area contributed by atoms with E-state index in [9.17, 15) is 0 Å². The molecule has 1 saturated carbocycles. The van der Waals surface area contributed by atoms with Gasteiger partial charge in [0.05, 0.1) is 0 Å². The second-order valence-corrected chi connectivity index (χ2v) is 5.84. The lowest BCUT2D eigenvalue weighted by atomic mass is 10.3. The zero-order chi connectivity index (χ0) is 12.8. The van der Waals surface area contributed by atoms with Crippen LogP contribution in [-0.4, -0.2) is 30.6 Å². The van der Waals surface area contributed by atoms with Crippen LogP contribution in [-0.2, 0) is 0 Å². The molecule has 2 rings (SSSR count). The van der Waals surface area contributed by atoms with Crippen LogP contribution in [0.5, 0.6) is 5.75 Å². The molecular formula is C15H22BrNO. The van der Waals surface area contributed by atoms with Gasteiger partial charge in [0, 0.05) is 17.1 Å². The van der Waals surface area contributed by atoms with E-state index in [1.807, 2.05) is 24.3 Å². The van der Waals surface area contributed by atoms with Crippen LogP contribution in [0, 0.1) is 0 Å². The summed E-state index contributed by atoms with van der Waals surface area (Å²) >= 11 is 3.46. The largest absolute Gasteiger partial charge is 0.492 e. The summed E-state index contributed by atoms with van der Waals surface area (Å²) in [5, 5.41) is 0. The van der Waals surface area contributed by atoms with Gasteiger partial charge in [-0.25, -0.2) is 0 Å². The minimum Gasteiger partial charge on any atom is -0.492 e. The van der Waals surface area contributed by atoms with Crippen molar-refractivity contribution >= 4 is 15.9 Å². The maximum atomic E-state index is 5.80. The first kappa shape index (κ1) is 13.9. The third-order valence-electron chi connectivity index (χ3n) is 3.31. The molecular weight excluding hydrogens is 290 g/mol. The Morgan fingerprint density at radius 3 is 2.83 bits per heavy atom. The van der Waals surface area contributed by atoms with E-state index in [1.165, 1.54) is 32.2 Å². The van der Waals surface area contributed by atoms with Crippen LogP contribution < -0.4 is 4.74 Å². The number of unbranched alkanes of at least 4 members (excludes halogenated alkanes) is 1. The average Bonchev–Trinajstić information content (AvgIpc) is 3.18. The monoisotopic (exact) mass is 311 g/mol. The lowest BCUT2D eigenvalue weighted by Crippen LogP contribution is -2.31. The third-order valence-corrected chi connectivity index (χ3v) is 3.80. The predicted molar refractivity (Wildman–Crippen MR) is 79.1 cm³/mol. The first-order chi connectivity index (χ1) is 8.79. The van der Waals surface area contributed by atoms with Crippen molar-refractivity contribution < 1.29 is 4.74 Å². The molecule has 0 atom stereocenters. The van der Waals surface area contributed by atoms with Gasteiger partial charge in [-0.1, -0.05) is 35.3 Å². The first-order valence-corrected chi connectivity index (χ1v) is 7.71. The normalized spacial score (nSPS) is 15.1. The fourth-order valence-corrected chi connectivity index (χ4v) is 2.49. The van der Waals surface area contributed by atoms with Gasteiger partial charge in [-0.3, -0.25) is 4.90 Å². The Balaban J connectivity index is 1.72. The number of benzene rings is 1. The second-order valence-electron chi connectivity index (χ2n) is 4.93. The van der Waals surface area contributed by atoms with Gasteiger partial charge in [0.2, 0.25) is 0 Å². The van der Waals surface area contributed by atoms with Gasteiger partial charge in [-0.05, 0) is 44.0 Å². The van der Waals surface area contributed by atoms with Gasteiger partial charge in [-0.2, -0.15) is 0 Å². The molecule has 0 unspecified atom stereocenters. The minimum absolute atomic E-state index is 0.788. The molecule has 1 aromatic carbocycles. The van der Waals surface area contributed by atoms with Crippen molar-refractivity contribution in [2.45, 2.75) is 38.6 Å². The molecule has 0 aromatic heterocycles. The van der Waals surface area contributed by atoms with E-state index in [4.69, 9.17) is 4.74 Å². The van der Waals surface area contributed by atoms with Crippen molar-refractivity contribution in [2.75, 3.05) is 19.7 Å². The van der Waals surface area contributed by atoms with Gasteiger partial charge >= 0.3 is 0 Å². The van der Waals surface area contributed by atoms with Crippen molar-refractivity contribution in [1.82, 2.24) is 4.90 Å². The van der Waals surface area contributed by atoms with Crippen LogP contribution in [0.25, 0.3) is 0 Å². The highest BCUT2D eigenvalue weighted by Crippen LogP contribution is 2.27. The molecule has 0 heterocycles. The van der Waals surface area contributed by atoms with Gasteiger partial charge in [-0.15, -0.1) is 0 Å². The lowest BCUT2D eigenvalue weighted by Gasteiger charge is -2.21. The quantitative estimate of drug-likeness (QED) is 0.717. The third kappa shape index (κ3) is 4.62. The van der Waals surface area contributed by atoms with Crippen molar-refractivity contribution in [1.29, 1.82) is 0 Å². The Bertz CT molecular complexity index is 365. The standard InChI is InChI=1S/C15H22BrNO/c1-2-3-9-17(14-7-8-14)10-11-18-15-6-4-5-13(16)12-15/h4-6,12,14H,2-3,7-11H2,1H3. The molecule has 3 heteroatoms. The smallest absolute Gasteiger partial charge is 0.120 e. The van der Waals surface area contributed by atoms with E-state index in [1.54, 1.807) is 0 Å². The second kappa shape index (κ2) is 7.15. The van der Waals surface area contributed by atoms with Gasteiger partial charge in [0.1, 0.15) is 12.4 Å². The minimum atomic E-state index is 0.788. The number of hydrogen-bond acceptors (Lipinski definition) is 2. The van der Waals surface area contributed by atoms with E-state index in [0.717, 1.165) is 29.4 Å². The molecule has 2 nitrogen and oxygen atoms in total. The molecule has 0 bridgehead atoms. The SMILES string of the molecule is CCCCN(CCOc1cccc(Br)c1)C1CC1. The molecule has 0 N–H and O–H groups in total. The van der Waals surface area contributed by atoms with Gasteiger partial charge in [0.25, 0.3) is 0 Å². The van der Waals surface area contributed by atoms with E-state index in [-0.39, 0.29) is 0 Å². The maximum absolute atomic E-state index is 5.80. The molecule has 0 radical (unpaired) electrons. The summed E-state index contributed by atoms with van der Waals surface area (Å²) in [4.78, 5) is 2.58. The highest BCUT2D eigenvalue weighted by molar-refractivity contribution is 9.10. The predicted octanol–water partition coefficient (Wildman–Crippen LogP) is 4.09. The Labute approximate surface area is 118 Å². The van der Waals surface area contributed by atoms with Crippen LogP contribution in [0.15, 0.2) is 28.7 Å². The summed E-state index contributed by atoms with van der Waals surface area (Å²) in [6.07, 6.45) is 5.32. The van der Waals surface area contributed by atoms with E-state index < -0.39 is 0 Å². The lowest BCUT2D eigenvalue weighted by molar-refractivity contribution is 0.199. The fourth-order valence-electron chi connectivity index (χ4n) is 2.12. The molecule has 1 aliphatic carbocycles. The summed E-state index contributed by atoms with van der Waals surface area (Å²) in [5.41, 5.74) is 0. The topological polar surface area (TPSA) is 12.5 Å². The molecule has 100 valence electrons. The Morgan fingerprint density at radius 1 is 1.33 bits per heavy atom. The molecule has 0 amide bonds. The molecule has 1 aliphatic rings. The number of rotatable bonds is 8. The Hall–Kier alpha value is -0.540. The number of ether oxygens (including phenoxy) is 1. The Kier molecular flexibility index (Phi) is 5.51. The van der Waals surface area contributed by atoms with Gasteiger partial charge < -0.3 is 4.74 Å². The van der Waals surface area contributed by atoms with Crippen molar-refractivity contribution in [3.8, 4) is 5.75 Å². The van der Waals surface area contributed by atoms with Crippen molar-refractivity contribution in [3.63, 3.8) is 0 Å². The average molecular weight is 312 g/mol. The van der Waals surface area contributed by atoms with Crippen molar-refractivity contribution in [3.05, 3.63) is 28.7 Å². The van der Waals surface area contributed by atoms with Crippen LogP contribution in [0.3, 0.4) is 0 Å². The maximum Gasteiger partial charge on any atom is 0.120 e. The molecule has 0 aliphatic heterocycles. The summed E-state index contributed by atoms with van der Waals surface area (Å²) in [7, 11) is 0. The highest BCUT2D eigenvalue weighted by Gasteiger charge is 2.27. The van der Waals surface area contributed by atoms with Crippen LogP contribution >= 0.6 is 15.9 Å². The van der Waals surface area contributed by atoms with Crippen molar-refractivity contribution in [2.24, 2.45) is 0 Å². The number of hydrogen-bond donors (Lipinski definition) is 0. The number of halogens is 1. The summed E-state index contributed by atoms with van der Waals surface area (Å²) < 4.78 is 6.88. The van der Waals surface area contributed by atoms with Crippen LogP contribution in [0.2, 0.25) is 0 Å². The fraction of sp³-hybridized carbons (Fsp3) is 0.600. The van der Waals surface area contributed by atoms with E-state index >= 15 is 0 Å². The highest BCUT2D eigenvalue weighted by atomic mass is 79.9. The van der Waals surface area contributed by atoms with Crippen LogP contribution in [0.1, 0.15) is 32.6 Å². The zero-order valence-corrected chi connectivity index (χ0v) is 12.7. The summed E-state index contributed by atoms with van der Waals surface area (Å²) in [6, 6.07) is 8.90. The van der Waals surface area contributed by atoms with E-state index in [0.29, 0.717) is 0 Å². The number of nitrogens with zero attached hydrogens (tertiary/aromatic N) is 1. The molecule has 0 spiro atoms. The molecule has 1 fully saturated rings. The summed E-state index contributed by atoms with van der Waals surface area (Å²) in [5.74, 6) is 0.954.